The van der Waals surface area contributed by atoms with Gasteiger partial charge in [-0.2, -0.15) is 0 Å². The summed E-state index contributed by atoms with van der Waals surface area (Å²) in [5, 5.41) is 3.04. The number of benzene rings is 2. The van der Waals surface area contributed by atoms with Crippen LogP contribution in [0.5, 0.6) is 0 Å². The Balaban J connectivity index is 1.56. The lowest BCUT2D eigenvalue weighted by Gasteiger charge is -2.28. The average Bonchev–Trinajstić information content (AvgIpc) is 3.20. The summed E-state index contributed by atoms with van der Waals surface area (Å²) in [6.45, 7) is 4.45. The molecule has 3 aromatic rings. The number of carbonyl (C=O) groups is 1. The Kier molecular flexibility index (Phi) is 6.42. The molecule has 1 aliphatic rings. The van der Waals surface area contributed by atoms with Gasteiger partial charge in [0.15, 0.2) is 0 Å². The SMILES string of the molecule is CCNC(=O)[C@]1(Cc2cccc(-c3cccnc3)c2)CCN(Cc2ccccc2F)C1. The van der Waals surface area contributed by atoms with Crippen LogP contribution < -0.4 is 5.32 Å². The highest BCUT2D eigenvalue weighted by Crippen LogP contribution is 2.36. The van der Waals surface area contributed by atoms with Gasteiger partial charge in [-0.1, -0.05) is 48.5 Å². The fourth-order valence-electron chi connectivity index (χ4n) is 4.50. The molecule has 1 saturated heterocycles. The number of hydrogen-bond acceptors (Lipinski definition) is 3. The fraction of sp³-hybridized carbons (Fsp3) is 0.308. The van der Waals surface area contributed by atoms with Gasteiger partial charge in [0.2, 0.25) is 5.91 Å². The largest absolute Gasteiger partial charge is 0.356 e. The molecule has 0 spiro atoms. The van der Waals surface area contributed by atoms with Crippen LogP contribution in [0.1, 0.15) is 24.5 Å². The van der Waals surface area contributed by atoms with E-state index >= 15 is 0 Å². The lowest BCUT2D eigenvalue weighted by Crippen LogP contribution is -2.44. The molecule has 4 nitrogen and oxygen atoms in total. The van der Waals surface area contributed by atoms with Gasteiger partial charge in [-0.3, -0.25) is 14.7 Å². The Morgan fingerprint density at radius 3 is 2.74 bits per heavy atom. The van der Waals surface area contributed by atoms with Crippen LogP contribution in [0.3, 0.4) is 0 Å². The summed E-state index contributed by atoms with van der Waals surface area (Å²) >= 11 is 0. The third-order valence-electron chi connectivity index (χ3n) is 6.07. The number of pyridine rings is 1. The van der Waals surface area contributed by atoms with E-state index in [1.54, 1.807) is 12.3 Å². The molecule has 0 aliphatic carbocycles. The Labute approximate surface area is 183 Å². The molecule has 1 N–H and O–H groups in total. The van der Waals surface area contributed by atoms with Crippen LogP contribution in [-0.4, -0.2) is 35.4 Å². The Morgan fingerprint density at radius 2 is 1.97 bits per heavy atom. The zero-order valence-electron chi connectivity index (χ0n) is 17.9. The second-order valence-corrected chi connectivity index (χ2v) is 8.31. The second-order valence-electron chi connectivity index (χ2n) is 8.31. The van der Waals surface area contributed by atoms with Crippen LogP contribution in [0.25, 0.3) is 11.1 Å². The molecule has 0 bridgehead atoms. The van der Waals surface area contributed by atoms with Gasteiger partial charge in [0.25, 0.3) is 0 Å². The van der Waals surface area contributed by atoms with Gasteiger partial charge in [-0.15, -0.1) is 0 Å². The summed E-state index contributed by atoms with van der Waals surface area (Å²) in [5.41, 5.74) is 3.43. The molecule has 2 heterocycles. The van der Waals surface area contributed by atoms with Gasteiger partial charge in [-0.05, 0) is 55.1 Å². The summed E-state index contributed by atoms with van der Waals surface area (Å²) in [7, 11) is 0. The average molecular weight is 418 g/mol. The number of aromatic nitrogens is 1. The van der Waals surface area contributed by atoms with Crippen LogP contribution in [0, 0.1) is 11.2 Å². The third kappa shape index (κ3) is 4.83. The van der Waals surface area contributed by atoms with Crippen molar-refractivity contribution in [2.45, 2.75) is 26.3 Å². The van der Waals surface area contributed by atoms with Crippen molar-refractivity contribution in [3.05, 3.63) is 90.0 Å². The van der Waals surface area contributed by atoms with Gasteiger partial charge < -0.3 is 5.32 Å². The number of nitrogens with zero attached hydrogens (tertiary/aromatic N) is 2. The molecule has 160 valence electrons. The van der Waals surface area contributed by atoms with Crippen molar-refractivity contribution in [2.24, 2.45) is 5.41 Å². The molecule has 31 heavy (non-hydrogen) atoms. The normalized spacial score (nSPS) is 18.8. The van der Waals surface area contributed by atoms with E-state index in [1.807, 2.05) is 43.5 Å². The van der Waals surface area contributed by atoms with E-state index in [4.69, 9.17) is 0 Å². The minimum atomic E-state index is -0.519. The predicted molar refractivity (Wildman–Crippen MR) is 121 cm³/mol. The zero-order valence-corrected chi connectivity index (χ0v) is 17.9. The maximum absolute atomic E-state index is 14.2. The smallest absolute Gasteiger partial charge is 0.227 e. The lowest BCUT2D eigenvalue weighted by molar-refractivity contribution is -0.130. The van der Waals surface area contributed by atoms with Gasteiger partial charge in [0.05, 0.1) is 5.41 Å². The summed E-state index contributed by atoms with van der Waals surface area (Å²) in [4.78, 5) is 19.6. The third-order valence-corrected chi connectivity index (χ3v) is 6.07. The molecule has 4 rings (SSSR count). The Bertz CT molecular complexity index is 1040. The van der Waals surface area contributed by atoms with Gasteiger partial charge in [0, 0.05) is 37.6 Å². The predicted octanol–water partition coefficient (Wildman–Crippen LogP) is 4.46. The van der Waals surface area contributed by atoms with Crippen LogP contribution >= 0.6 is 0 Å². The molecule has 2 aromatic carbocycles. The molecule has 1 aliphatic heterocycles. The molecule has 0 saturated carbocycles. The van der Waals surface area contributed by atoms with Crippen LogP contribution in [-0.2, 0) is 17.8 Å². The highest BCUT2D eigenvalue weighted by molar-refractivity contribution is 5.83. The number of hydrogen-bond donors (Lipinski definition) is 1. The number of amides is 1. The number of halogens is 1. The second kappa shape index (κ2) is 9.40. The molecule has 0 radical (unpaired) electrons. The topological polar surface area (TPSA) is 45.2 Å². The summed E-state index contributed by atoms with van der Waals surface area (Å²) in [6, 6.07) is 19.2. The minimum absolute atomic E-state index is 0.0813. The maximum atomic E-state index is 14.2. The first kappa shape index (κ1) is 21.2. The Hall–Kier alpha value is -3.05. The summed E-state index contributed by atoms with van der Waals surface area (Å²) in [5.74, 6) is -0.111. The molecule has 0 unspecified atom stereocenters. The molecule has 5 heteroatoms. The van der Waals surface area contributed by atoms with Crippen molar-refractivity contribution in [3.8, 4) is 11.1 Å². The van der Waals surface area contributed by atoms with Crippen molar-refractivity contribution in [1.29, 1.82) is 0 Å². The van der Waals surface area contributed by atoms with E-state index in [9.17, 15) is 9.18 Å². The molecule has 1 fully saturated rings. The Morgan fingerprint density at radius 1 is 1.13 bits per heavy atom. The lowest BCUT2D eigenvalue weighted by atomic mass is 9.79. The minimum Gasteiger partial charge on any atom is -0.356 e. The van der Waals surface area contributed by atoms with Gasteiger partial charge in [-0.25, -0.2) is 4.39 Å². The molecular weight excluding hydrogens is 389 g/mol. The van der Waals surface area contributed by atoms with E-state index in [0.717, 1.165) is 29.7 Å². The maximum Gasteiger partial charge on any atom is 0.227 e. The number of nitrogens with one attached hydrogen (secondary N) is 1. The number of carbonyl (C=O) groups excluding carboxylic acids is 1. The monoisotopic (exact) mass is 417 g/mol. The summed E-state index contributed by atoms with van der Waals surface area (Å²) in [6.07, 6.45) is 5.02. The van der Waals surface area contributed by atoms with E-state index in [0.29, 0.717) is 31.6 Å². The van der Waals surface area contributed by atoms with Crippen LogP contribution in [0.4, 0.5) is 4.39 Å². The zero-order chi connectivity index (χ0) is 21.7. The van der Waals surface area contributed by atoms with Crippen molar-refractivity contribution < 1.29 is 9.18 Å². The standard InChI is InChI=1S/C26H28FN3O/c1-2-29-25(31)26(12-14-30(19-26)18-23-8-3-4-11-24(23)27)16-20-7-5-9-21(15-20)22-10-6-13-28-17-22/h3-11,13,15,17H,2,12,14,16,18-19H2,1H3,(H,29,31)/t26-/m0/s1. The number of likely N-dealkylation sites (tertiary alicyclic amines) is 1. The van der Waals surface area contributed by atoms with Gasteiger partial charge >= 0.3 is 0 Å². The highest BCUT2D eigenvalue weighted by atomic mass is 19.1. The van der Waals surface area contributed by atoms with E-state index < -0.39 is 5.41 Å². The molecule has 1 aromatic heterocycles. The first-order chi connectivity index (χ1) is 15.1. The van der Waals surface area contributed by atoms with Gasteiger partial charge in [0.1, 0.15) is 5.82 Å². The van der Waals surface area contributed by atoms with Crippen molar-refractivity contribution in [2.75, 3.05) is 19.6 Å². The highest BCUT2D eigenvalue weighted by Gasteiger charge is 2.44. The fourth-order valence-corrected chi connectivity index (χ4v) is 4.50. The van der Waals surface area contributed by atoms with Crippen molar-refractivity contribution >= 4 is 5.91 Å². The van der Waals surface area contributed by atoms with Crippen LogP contribution in [0.2, 0.25) is 0 Å². The first-order valence-corrected chi connectivity index (χ1v) is 10.8. The molecule has 1 amide bonds. The molecule has 1 atom stereocenters. The van der Waals surface area contributed by atoms with E-state index in [2.05, 4.69) is 33.4 Å². The van der Waals surface area contributed by atoms with E-state index in [-0.39, 0.29) is 11.7 Å². The number of rotatable bonds is 7. The first-order valence-electron chi connectivity index (χ1n) is 10.8. The van der Waals surface area contributed by atoms with Crippen LogP contribution in [0.15, 0.2) is 73.1 Å². The molecular formula is C26H28FN3O. The van der Waals surface area contributed by atoms with Crippen molar-refractivity contribution in [1.82, 2.24) is 15.2 Å². The quantitative estimate of drug-likeness (QED) is 0.617. The van der Waals surface area contributed by atoms with Crippen molar-refractivity contribution in [3.63, 3.8) is 0 Å². The van der Waals surface area contributed by atoms with E-state index in [1.165, 1.54) is 6.07 Å². The summed E-state index contributed by atoms with van der Waals surface area (Å²) < 4.78 is 14.2.